The summed E-state index contributed by atoms with van der Waals surface area (Å²) in [7, 11) is 0. The number of alkyl halides is 6. The number of carbonyl (C=O) groups excluding carboxylic acids is 1. The third-order valence-electron chi connectivity index (χ3n) is 2.94. The lowest BCUT2D eigenvalue weighted by Gasteiger charge is -2.32. The van der Waals surface area contributed by atoms with Gasteiger partial charge in [-0.2, -0.15) is 26.3 Å². The number of rotatable bonds is 2. The summed E-state index contributed by atoms with van der Waals surface area (Å²) in [6, 6.07) is 0. The van der Waals surface area contributed by atoms with Gasteiger partial charge in [-0.05, 0) is 25.7 Å². The lowest BCUT2D eigenvalue weighted by molar-refractivity contribution is -0.358. The minimum atomic E-state index is -6.18. The molecule has 0 saturated heterocycles. The molecule has 9 heteroatoms. The molecule has 1 aliphatic rings. The maximum absolute atomic E-state index is 12.3. The summed E-state index contributed by atoms with van der Waals surface area (Å²) in [5.74, 6) is -2.71. The van der Waals surface area contributed by atoms with Gasteiger partial charge in [0.2, 0.25) is 0 Å². The summed E-state index contributed by atoms with van der Waals surface area (Å²) in [5.41, 5.74) is -5.47. The number of halogens is 6. The van der Waals surface area contributed by atoms with Crippen molar-refractivity contribution in [1.29, 1.82) is 0 Å². The van der Waals surface area contributed by atoms with Gasteiger partial charge >= 0.3 is 23.9 Å². The van der Waals surface area contributed by atoms with Crippen LogP contribution in [0.4, 0.5) is 26.3 Å². The second-order valence-corrected chi connectivity index (χ2v) is 4.37. The highest BCUT2D eigenvalue weighted by atomic mass is 19.4. The van der Waals surface area contributed by atoms with E-state index in [1.165, 1.54) is 0 Å². The summed E-state index contributed by atoms with van der Waals surface area (Å²) in [4.78, 5) is 11.1. The van der Waals surface area contributed by atoms with Gasteiger partial charge < -0.3 is 9.84 Å². The van der Waals surface area contributed by atoms with E-state index in [1.54, 1.807) is 0 Å². The Labute approximate surface area is 104 Å². The second-order valence-electron chi connectivity index (χ2n) is 4.37. The molecule has 1 saturated carbocycles. The molecule has 1 N–H and O–H groups in total. The largest absolute Gasteiger partial charge is 0.460 e. The number of hydrogen-bond acceptors (Lipinski definition) is 3. The topological polar surface area (TPSA) is 46.5 Å². The molecular weight excluding hydrogens is 282 g/mol. The van der Waals surface area contributed by atoms with Crippen LogP contribution in [0.25, 0.3) is 0 Å². The maximum Gasteiger partial charge on any atom is 0.437 e. The van der Waals surface area contributed by atoms with Crippen LogP contribution in [0.2, 0.25) is 0 Å². The summed E-state index contributed by atoms with van der Waals surface area (Å²) in [6.45, 7) is 0. The fraction of sp³-hybridized carbons (Fsp3) is 0.900. The van der Waals surface area contributed by atoms with Gasteiger partial charge in [-0.15, -0.1) is 0 Å². The van der Waals surface area contributed by atoms with Crippen LogP contribution in [0.3, 0.4) is 0 Å². The molecule has 0 aromatic rings. The third-order valence-corrected chi connectivity index (χ3v) is 2.94. The van der Waals surface area contributed by atoms with Crippen LogP contribution < -0.4 is 0 Å². The Kier molecular flexibility index (Phi) is 4.38. The molecule has 0 radical (unpaired) electrons. The van der Waals surface area contributed by atoms with Crippen molar-refractivity contribution in [2.45, 2.75) is 56.2 Å². The Morgan fingerprint density at radius 1 is 0.947 bits per heavy atom. The number of hydrogen-bond donors (Lipinski definition) is 1. The highest BCUT2D eigenvalue weighted by Gasteiger charge is 2.76. The molecule has 19 heavy (non-hydrogen) atoms. The predicted molar refractivity (Wildman–Crippen MR) is 50.0 cm³/mol. The zero-order chi connectivity index (χ0) is 14.9. The number of ether oxygens (including phenoxy) is 1. The zero-order valence-corrected chi connectivity index (χ0v) is 9.64. The van der Waals surface area contributed by atoms with Crippen molar-refractivity contribution in [2.24, 2.45) is 0 Å². The highest BCUT2D eigenvalue weighted by Crippen LogP contribution is 2.44. The Hall–Kier alpha value is -0.990. The fourth-order valence-electron chi connectivity index (χ4n) is 1.81. The van der Waals surface area contributed by atoms with Crippen molar-refractivity contribution in [3.05, 3.63) is 0 Å². The van der Waals surface area contributed by atoms with Crippen LogP contribution >= 0.6 is 0 Å². The first-order valence-corrected chi connectivity index (χ1v) is 5.57. The highest BCUT2D eigenvalue weighted by molar-refractivity contribution is 5.81. The molecule has 1 fully saturated rings. The van der Waals surface area contributed by atoms with Gasteiger partial charge in [0.1, 0.15) is 6.10 Å². The Bertz CT molecular complexity index is 315. The quantitative estimate of drug-likeness (QED) is 0.629. The molecule has 0 aromatic carbocycles. The van der Waals surface area contributed by atoms with Crippen LogP contribution in [0.1, 0.15) is 32.1 Å². The predicted octanol–water partition coefficient (Wildman–Crippen LogP) is 2.72. The van der Waals surface area contributed by atoms with Gasteiger partial charge in [0.05, 0.1) is 0 Å². The number of aliphatic hydroxyl groups is 1. The van der Waals surface area contributed by atoms with Crippen molar-refractivity contribution in [3.63, 3.8) is 0 Å². The van der Waals surface area contributed by atoms with E-state index in [0.29, 0.717) is 12.8 Å². The van der Waals surface area contributed by atoms with E-state index in [4.69, 9.17) is 5.11 Å². The Balaban J connectivity index is 2.90. The molecule has 0 amide bonds. The molecule has 112 valence electrons. The van der Waals surface area contributed by atoms with E-state index < -0.39 is 30.0 Å². The van der Waals surface area contributed by atoms with E-state index in [-0.39, 0.29) is 12.8 Å². The van der Waals surface area contributed by atoms with Gasteiger partial charge in [-0.3, -0.25) is 0 Å². The lowest BCUT2D eigenvalue weighted by Crippen LogP contribution is -2.63. The zero-order valence-electron chi connectivity index (χ0n) is 9.64. The van der Waals surface area contributed by atoms with Crippen LogP contribution in [-0.4, -0.2) is 35.1 Å². The van der Waals surface area contributed by atoms with Crippen molar-refractivity contribution in [2.75, 3.05) is 0 Å². The third kappa shape index (κ3) is 3.13. The normalized spacial score (nSPS) is 19.3. The van der Waals surface area contributed by atoms with E-state index in [9.17, 15) is 31.1 Å². The van der Waals surface area contributed by atoms with Crippen molar-refractivity contribution >= 4 is 5.97 Å². The van der Waals surface area contributed by atoms with E-state index >= 15 is 0 Å². The molecule has 0 bridgehead atoms. The van der Waals surface area contributed by atoms with Gasteiger partial charge in [0.25, 0.3) is 0 Å². The minimum Gasteiger partial charge on any atom is -0.460 e. The molecule has 0 unspecified atom stereocenters. The SMILES string of the molecule is O=C(OC1CCCCC1)C(O)(C(F)(F)F)C(F)(F)F. The summed E-state index contributed by atoms with van der Waals surface area (Å²) >= 11 is 0. The molecular formula is C10H12F6O3. The molecule has 0 spiro atoms. The van der Waals surface area contributed by atoms with Gasteiger partial charge in [0.15, 0.2) is 0 Å². The minimum absolute atomic E-state index is 0.192. The summed E-state index contributed by atoms with van der Waals surface area (Å²) < 4.78 is 78.2. The average molecular weight is 294 g/mol. The van der Waals surface area contributed by atoms with Crippen molar-refractivity contribution < 1.29 is 41.0 Å². The maximum atomic E-state index is 12.3. The van der Waals surface area contributed by atoms with E-state index in [1.807, 2.05) is 0 Å². The molecule has 0 aliphatic heterocycles. The first kappa shape index (κ1) is 16.1. The van der Waals surface area contributed by atoms with Gasteiger partial charge in [-0.1, -0.05) is 6.42 Å². The monoisotopic (exact) mass is 294 g/mol. The molecule has 0 heterocycles. The van der Waals surface area contributed by atoms with E-state index in [0.717, 1.165) is 6.42 Å². The van der Waals surface area contributed by atoms with Crippen LogP contribution in [-0.2, 0) is 9.53 Å². The molecule has 1 aliphatic carbocycles. The fourth-order valence-corrected chi connectivity index (χ4v) is 1.81. The average Bonchev–Trinajstić information content (AvgIpc) is 2.26. The first-order chi connectivity index (χ1) is 8.50. The van der Waals surface area contributed by atoms with Gasteiger partial charge in [0, 0.05) is 0 Å². The van der Waals surface area contributed by atoms with Gasteiger partial charge in [-0.25, -0.2) is 4.79 Å². The second kappa shape index (κ2) is 5.18. The van der Waals surface area contributed by atoms with Crippen LogP contribution in [0.5, 0.6) is 0 Å². The number of carbonyl (C=O) groups is 1. The number of esters is 1. The van der Waals surface area contributed by atoms with E-state index in [2.05, 4.69) is 4.74 Å². The standard InChI is InChI=1S/C10H12F6O3/c11-9(12,13)8(18,10(14,15)16)7(17)19-6-4-2-1-3-5-6/h6,18H,1-5H2. The van der Waals surface area contributed by atoms with Crippen LogP contribution in [0, 0.1) is 0 Å². The Morgan fingerprint density at radius 2 is 1.37 bits per heavy atom. The lowest BCUT2D eigenvalue weighted by atomic mass is 9.97. The van der Waals surface area contributed by atoms with Crippen molar-refractivity contribution in [3.8, 4) is 0 Å². The Morgan fingerprint density at radius 3 is 1.74 bits per heavy atom. The molecule has 0 aromatic heterocycles. The smallest absolute Gasteiger partial charge is 0.437 e. The van der Waals surface area contributed by atoms with Crippen molar-refractivity contribution in [1.82, 2.24) is 0 Å². The molecule has 1 rings (SSSR count). The molecule has 3 nitrogen and oxygen atoms in total. The summed E-state index contributed by atoms with van der Waals surface area (Å²) in [6.07, 6.45) is -11.1. The van der Waals surface area contributed by atoms with Crippen LogP contribution in [0.15, 0.2) is 0 Å². The first-order valence-electron chi connectivity index (χ1n) is 5.57. The molecule has 0 atom stereocenters. The summed E-state index contributed by atoms with van der Waals surface area (Å²) in [5, 5.41) is 8.76.